The zero-order chi connectivity index (χ0) is 15.6. The van der Waals surface area contributed by atoms with E-state index in [0.717, 1.165) is 36.0 Å². The lowest BCUT2D eigenvalue weighted by Gasteiger charge is -2.23. The molecule has 2 heteroatoms. The smallest absolute Gasteiger partial charge is 0.133 e. The minimum Gasteiger partial charge on any atom is -0.300 e. The monoisotopic (exact) mass is 301 g/mol. The number of rotatable bonds is 2. The van der Waals surface area contributed by atoms with Crippen LogP contribution in [0, 0.1) is 0 Å². The lowest BCUT2D eigenvalue weighted by Crippen LogP contribution is -2.14. The van der Waals surface area contributed by atoms with Gasteiger partial charge in [-0.3, -0.25) is 4.79 Å². The van der Waals surface area contributed by atoms with E-state index in [1.54, 1.807) is 0 Å². The van der Waals surface area contributed by atoms with Crippen molar-refractivity contribution in [3.63, 3.8) is 0 Å². The number of carbonyl (C=O) groups is 1. The first kappa shape index (κ1) is 14.1. The molecule has 4 rings (SSSR count). The van der Waals surface area contributed by atoms with Crippen molar-refractivity contribution in [2.45, 2.75) is 31.6 Å². The molecule has 1 atom stereocenters. The molecular formula is C21H19NO. The Morgan fingerprint density at radius 3 is 2.57 bits per heavy atom. The van der Waals surface area contributed by atoms with Gasteiger partial charge in [0.1, 0.15) is 5.78 Å². The van der Waals surface area contributed by atoms with E-state index in [1.807, 2.05) is 24.3 Å². The van der Waals surface area contributed by atoms with E-state index < -0.39 is 0 Å². The first-order valence-corrected chi connectivity index (χ1v) is 8.28. The van der Waals surface area contributed by atoms with Crippen LogP contribution in [-0.2, 0) is 4.79 Å². The maximum atomic E-state index is 11.9. The van der Waals surface area contributed by atoms with Gasteiger partial charge in [-0.15, -0.1) is 0 Å². The second kappa shape index (κ2) is 5.96. The summed E-state index contributed by atoms with van der Waals surface area (Å²) in [7, 11) is 0. The van der Waals surface area contributed by atoms with Crippen molar-refractivity contribution < 1.29 is 4.79 Å². The van der Waals surface area contributed by atoms with E-state index >= 15 is 0 Å². The van der Waals surface area contributed by atoms with E-state index in [0.29, 0.717) is 18.1 Å². The lowest BCUT2D eigenvalue weighted by molar-refractivity contribution is -0.120. The molecular weight excluding hydrogens is 282 g/mol. The normalized spacial score (nSPS) is 18.3. The number of hydrogen-bond acceptors (Lipinski definition) is 2. The van der Waals surface area contributed by atoms with Gasteiger partial charge < -0.3 is 0 Å². The molecule has 0 amide bonds. The molecule has 2 aromatic carbocycles. The Morgan fingerprint density at radius 2 is 1.74 bits per heavy atom. The second-order valence-corrected chi connectivity index (χ2v) is 6.31. The fourth-order valence-electron chi connectivity index (χ4n) is 3.59. The molecule has 0 radical (unpaired) electrons. The van der Waals surface area contributed by atoms with Gasteiger partial charge in [-0.25, -0.2) is 4.98 Å². The van der Waals surface area contributed by atoms with Gasteiger partial charge >= 0.3 is 0 Å². The van der Waals surface area contributed by atoms with Crippen LogP contribution >= 0.6 is 0 Å². The minimum atomic E-state index is 0.326. The van der Waals surface area contributed by atoms with Gasteiger partial charge in [-0.1, -0.05) is 48.5 Å². The number of benzene rings is 2. The third-order valence-electron chi connectivity index (χ3n) is 4.74. The molecule has 0 N–H and O–H groups in total. The highest BCUT2D eigenvalue weighted by Crippen LogP contribution is 2.36. The van der Waals surface area contributed by atoms with Crippen LogP contribution in [0.1, 0.15) is 37.2 Å². The highest BCUT2D eigenvalue weighted by molar-refractivity contribution is 5.87. The van der Waals surface area contributed by atoms with Gasteiger partial charge in [0.2, 0.25) is 0 Å². The summed E-state index contributed by atoms with van der Waals surface area (Å²) in [4.78, 5) is 16.8. The van der Waals surface area contributed by atoms with Crippen molar-refractivity contribution >= 4 is 16.7 Å². The number of ketones is 1. The Labute approximate surface area is 136 Å². The molecule has 3 aromatic rings. The number of para-hydroxylation sites is 1. The Kier molecular flexibility index (Phi) is 3.66. The number of fused-ring (bicyclic) bond motifs is 1. The van der Waals surface area contributed by atoms with Crippen molar-refractivity contribution in [3.8, 4) is 11.3 Å². The highest BCUT2D eigenvalue weighted by atomic mass is 16.1. The molecule has 1 aromatic heterocycles. The Morgan fingerprint density at radius 1 is 0.957 bits per heavy atom. The fraction of sp³-hybridized carbons (Fsp3) is 0.238. The van der Waals surface area contributed by atoms with Crippen LogP contribution in [0.4, 0.5) is 0 Å². The molecule has 23 heavy (non-hydrogen) atoms. The Bertz CT molecular complexity index is 854. The molecule has 0 bridgehead atoms. The van der Waals surface area contributed by atoms with Crippen molar-refractivity contribution in [2.24, 2.45) is 0 Å². The van der Waals surface area contributed by atoms with E-state index in [2.05, 4.69) is 36.4 Å². The molecule has 1 fully saturated rings. The molecule has 0 saturated heterocycles. The second-order valence-electron chi connectivity index (χ2n) is 6.31. The summed E-state index contributed by atoms with van der Waals surface area (Å²) < 4.78 is 0. The first-order chi connectivity index (χ1) is 11.3. The van der Waals surface area contributed by atoms with Crippen LogP contribution in [0.25, 0.3) is 22.2 Å². The molecule has 1 saturated carbocycles. The van der Waals surface area contributed by atoms with E-state index in [-0.39, 0.29) is 0 Å². The lowest BCUT2D eigenvalue weighted by atomic mass is 9.81. The average molecular weight is 301 g/mol. The average Bonchev–Trinajstić information content (AvgIpc) is 2.61. The third kappa shape index (κ3) is 2.77. The topological polar surface area (TPSA) is 30.0 Å². The summed E-state index contributed by atoms with van der Waals surface area (Å²) in [6, 6.07) is 20.7. The standard InChI is InChI=1S/C21H19NO/c23-17-10-6-9-16(13-17)19-14-21(15-7-2-1-3-8-15)22-20-12-5-4-11-18(19)20/h1-5,7-8,11-12,14,16H,6,9-10,13H2. The molecule has 1 heterocycles. The highest BCUT2D eigenvalue weighted by Gasteiger charge is 2.23. The van der Waals surface area contributed by atoms with Gasteiger partial charge in [0.15, 0.2) is 0 Å². The summed E-state index contributed by atoms with van der Waals surface area (Å²) in [6.45, 7) is 0. The Balaban J connectivity index is 1.89. The van der Waals surface area contributed by atoms with Gasteiger partial charge in [-0.05, 0) is 36.5 Å². The maximum Gasteiger partial charge on any atom is 0.133 e. The van der Waals surface area contributed by atoms with E-state index in [4.69, 9.17) is 4.98 Å². The van der Waals surface area contributed by atoms with Crippen LogP contribution in [0.2, 0.25) is 0 Å². The van der Waals surface area contributed by atoms with Crippen LogP contribution in [-0.4, -0.2) is 10.8 Å². The SMILES string of the molecule is O=C1CCCC(c2cc(-c3ccccc3)nc3ccccc23)C1. The molecule has 1 aliphatic rings. The predicted octanol–water partition coefficient (Wildman–Crippen LogP) is 5.13. The maximum absolute atomic E-state index is 11.9. The summed E-state index contributed by atoms with van der Waals surface area (Å²) in [6.07, 6.45) is 3.50. The van der Waals surface area contributed by atoms with Crippen LogP contribution < -0.4 is 0 Å². The first-order valence-electron chi connectivity index (χ1n) is 8.28. The number of Topliss-reactive ketones (excluding diaryl/α,β-unsaturated/α-hetero) is 1. The zero-order valence-electron chi connectivity index (χ0n) is 13.0. The summed E-state index contributed by atoms with van der Waals surface area (Å²) >= 11 is 0. The number of carbonyl (C=O) groups excluding carboxylic acids is 1. The Hall–Kier alpha value is -2.48. The number of hydrogen-bond donors (Lipinski definition) is 0. The van der Waals surface area contributed by atoms with Crippen molar-refractivity contribution in [2.75, 3.05) is 0 Å². The van der Waals surface area contributed by atoms with Crippen molar-refractivity contribution in [3.05, 3.63) is 66.2 Å². The van der Waals surface area contributed by atoms with Crippen LogP contribution in [0.15, 0.2) is 60.7 Å². The van der Waals surface area contributed by atoms with Gasteiger partial charge in [0.05, 0.1) is 11.2 Å². The number of pyridine rings is 1. The van der Waals surface area contributed by atoms with E-state index in [9.17, 15) is 4.79 Å². The summed E-state index contributed by atoms with van der Waals surface area (Å²) in [5.74, 6) is 0.718. The molecule has 1 unspecified atom stereocenters. The number of nitrogens with zero attached hydrogens (tertiary/aromatic N) is 1. The molecule has 114 valence electrons. The predicted molar refractivity (Wildman–Crippen MR) is 93.4 cm³/mol. The fourth-order valence-corrected chi connectivity index (χ4v) is 3.59. The third-order valence-corrected chi connectivity index (χ3v) is 4.74. The number of aromatic nitrogens is 1. The summed E-state index contributed by atoms with van der Waals surface area (Å²) in [5.41, 5.74) is 4.42. The molecule has 0 aliphatic heterocycles. The molecule has 0 spiro atoms. The molecule has 2 nitrogen and oxygen atoms in total. The quantitative estimate of drug-likeness (QED) is 0.657. The van der Waals surface area contributed by atoms with Crippen LogP contribution in [0.5, 0.6) is 0 Å². The van der Waals surface area contributed by atoms with Gasteiger partial charge in [0.25, 0.3) is 0 Å². The minimum absolute atomic E-state index is 0.326. The van der Waals surface area contributed by atoms with Gasteiger partial charge in [0, 0.05) is 23.8 Å². The largest absolute Gasteiger partial charge is 0.300 e. The van der Waals surface area contributed by atoms with Crippen LogP contribution in [0.3, 0.4) is 0 Å². The molecule has 1 aliphatic carbocycles. The van der Waals surface area contributed by atoms with Gasteiger partial charge in [-0.2, -0.15) is 0 Å². The van der Waals surface area contributed by atoms with Crippen molar-refractivity contribution in [1.82, 2.24) is 4.98 Å². The summed E-state index contributed by atoms with van der Waals surface area (Å²) in [5, 5.41) is 1.19. The van der Waals surface area contributed by atoms with Crippen molar-refractivity contribution in [1.29, 1.82) is 0 Å². The zero-order valence-corrected chi connectivity index (χ0v) is 13.0. The van der Waals surface area contributed by atoms with E-state index in [1.165, 1.54) is 10.9 Å².